The summed E-state index contributed by atoms with van der Waals surface area (Å²) in [4.78, 5) is 17.6. The predicted octanol–water partition coefficient (Wildman–Crippen LogP) is 2.86. The number of phenols is 1. The molecule has 0 bridgehead atoms. The zero-order chi connectivity index (χ0) is 17.0. The first-order valence-electron chi connectivity index (χ1n) is 7.53. The van der Waals surface area contributed by atoms with Crippen LogP contribution in [0.3, 0.4) is 0 Å². The van der Waals surface area contributed by atoms with Crippen LogP contribution in [0, 0.1) is 6.92 Å². The topological polar surface area (TPSA) is 73.7 Å². The summed E-state index contributed by atoms with van der Waals surface area (Å²) in [5.74, 6) is -1.33. The quantitative estimate of drug-likeness (QED) is 0.857. The zero-order valence-corrected chi connectivity index (χ0v) is 13.7. The molecule has 0 fully saturated rings. The molecule has 0 aliphatic heterocycles. The van der Waals surface area contributed by atoms with Crippen LogP contribution in [0.15, 0.2) is 36.5 Å². The maximum absolute atomic E-state index is 11.1. The van der Waals surface area contributed by atoms with E-state index in [4.69, 9.17) is 5.11 Å². The fourth-order valence-corrected chi connectivity index (χ4v) is 2.47. The van der Waals surface area contributed by atoms with Crippen molar-refractivity contribution in [2.24, 2.45) is 0 Å². The van der Waals surface area contributed by atoms with E-state index in [0.717, 1.165) is 17.7 Å². The van der Waals surface area contributed by atoms with Crippen molar-refractivity contribution in [1.29, 1.82) is 0 Å². The maximum Gasteiger partial charge on any atom is 0.339 e. The predicted molar refractivity (Wildman–Crippen MR) is 88.7 cm³/mol. The van der Waals surface area contributed by atoms with Gasteiger partial charge in [0.15, 0.2) is 0 Å². The molecule has 5 heteroatoms. The minimum Gasteiger partial charge on any atom is -0.507 e. The van der Waals surface area contributed by atoms with Crippen molar-refractivity contribution in [2.75, 3.05) is 7.05 Å². The minimum absolute atomic E-state index is 0.0658. The largest absolute Gasteiger partial charge is 0.507 e. The van der Waals surface area contributed by atoms with Gasteiger partial charge in [0.25, 0.3) is 0 Å². The average molecular weight is 314 g/mol. The molecule has 0 saturated carbocycles. The highest BCUT2D eigenvalue weighted by Crippen LogP contribution is 2.20. The molecule has 0 aliphatic rings. The number of hydrogen-bond donors (Lipinski definition) is 2. The van der Waals surface area contributed by atoms with Crippen LogP contribution >= 0.6 is 0 Å². The lowest BCUT2D eigenvalue weighted by Crippen LogP contribution is -2.30. The number of benzene rings is 1. The summed E-state index contributed by atoms with van der Waals surface area (Å²) in [5, 5.41) is 18.6. The van der Waals surface area contributed by atoms with Gasteiger partial charge >= 0.3 is 5.97 Å². The highest BCUT2D eigenvalue weighted by atomic mass is 16.4. The van der Waals surface area contributed by atoms with Gasteiger partial charge in [-0.15, -0.1) is 0 Å². The third kappa shape index (κ3) is 4.53. The number of aromatic carboxylic acids is 1. The highest BCUT2D eigenvalue weighted by Gasteiger charge is 2.14. The van der Waals surface area contributed by atoms with E-state index < -0.39 is 5.97 Å². The first kappa shape index (κ1) is 17.0. The second-order valence-electron chi connectivity index (χ2n) is 5.95. The van der Waals surface area contributed by atoms with Gasteiger partial charge in [-0.2, -0.15) is 0 Å². The Morgan fingerprint density at radius 3 is 2.70 bits per heavy atom. The summed E-state index contributed by atoms with van der Waals surface area (Å²) in [7, 11) is 1.99. The molecule has 0 amide bonds. The number of aryl methyl sites for hydroxylation is 1. The van der Waals surface area contributed by atoms with Gasteiger partial charge in [-0.25, -0.2) is 4.79 Å². The van der Waals surface area contributed by atoms with Crippen LogP contribution in [-0.4, -0.2) is 39.2 Å². The van der Waals surface area contributed by atoms with Crippen LogP contribution in [0.4, 0.5) is 0 Å². The van der Waals surface area contributed by atoms with Gasteiger partial charge < -0.3 is 10.2 Å². The minimum atomic E-state index is -1.12. The molecule has 1 aromatic heterocycles. The summed E-state index contributed by atoms with van der Waals surface area (Å²) in [6, 6.07) is 9.00. The van der Waals surface area contributed by atoms with Crippen molar-refractivity contribution in [3.05, 3.63) is 58.9 Å². The summed E-state index contributed by atoms with van der Waals surface area (Å²) in [6.45, 7) is 4.76. The van der Waals surface area contributed by atoms with E-state index in [9.17, 15) is 9.90 Å². The Labute approximate surface area is 136 Å². The molecule has 2 rings (SSSR count). The molecule has 122 valence electrons. The van der Waals surface area contributed by atoms with Crippen molar-refractivity contribution in [3.63, 3.8) is 0 Å². The second-order valence-corrected chi connectivity index (χ2v) is 5.95. The van der Waals surface area contributed by atoms with Gasteiger partial charge in [0.05, 0.1) is 0 Å². The van der Waals surface area contributed by atoms with E-state index in [1.54, 1.807) is 6.07 Å². The molecule has 5 nitrogen and oxygen atoms in total. The molecule has 2 aromatic rings. The molecule has 0 spiro atoms. The molecule has 23 heavy (non-hydrogen) atoms. The van der Waals surface area contributed by atoms with E-state index >= 15 is 0 Å². The van der Waals surface area contributed by atoms with Crippen LogP contribution in [0.5, 0.6) is 5.75 Å². The average Bonchev–Trinajstić information content (AvgIpc) is 2.48. The molecule has 0 unspecified atom stereocenters. The van der Waals surface area contributed by atoms with Crippen molar-refractivity contribution in [3.8, 4) is 5.75 Å². The van der Waals surface area contributed by atoms with Gasteiger partial charge in [0.2, 0.25) is 0 Å². The first-order valence-corrected chi connectivity index (χ1v) is 7.53. The van der Waals surface area contributed by atoms with Crippen molar-refractivity contribution in [2.45, 2.75) is 32.9 Å². The van der Waals surface area contributed by atoms with Crippen LogP contribution in [-0.2, 0) is 13.0 Å². The second kappa shape index (κ2) is 7.24. The number of rotatable bonds is 6. The molecule has 0 aliphatic carbocycles. The normalized spacial score (nSPS) is 12.3. The van der Waals surface area contributed by atoms with E-state index in [0.29, 0.717) is 6.54 Å². The fourth-order valence-electron chi connectivity index (χ4n) is 2.47. The smallest absolute Gasteiger partial charge is 0.339 e. The number of pyridine rings is 1. The molecule has 2 N–H and O–H groups in total. The Balaban J connectivity index is 2.05. The van der Waals surface area contributed by atoms with Crippen molar-refractivity contribution in [1.82, 2.24) is 9.88 Å². The number of carboxylic acids is 1. The van der Waals surface area contributed by atoms with Crippen LogP contribution < -0.4 is 0 Å². The number of likely N-dealkylation sites (N-methyl/N-ethyl adjacent to an activating group) is 1. The molecular formula is C18H22N2O3. The van der Waals surface area contributed by atoms with Gasteiger partial charge in [0, 0.05) is 30.9 Å². The lowest BCUT2D eigenvalue weighted by atomic mass is 10.1. The molecule has 0 saturated heterocycles. The lowest BCUT2D eigenvalue weighted by molar-refractivity contribution is 0.0693. The number of aromatic nitrogens is 1. The van der Waals surface area contributed by atoms with Crippen LogP contribution in [0.2, 0.25) is 0 Å². The Hall–Kier alpha value is -2.40. The third-order valence-corrected chi connectivity index (χ3v) is 3.95. The van der Waals surface area contributed by atoms with Gasteiger partial charge in [-0.05, 0) is 56.3 Å². The van der Waals surface area contributed by atoms with Crippen molar-refractivity contribution < 1.29 is 15.0 Å². The van der Waals surface area contributed by atoms with E-state index in [1.807, 2.05) is 26.2 Å². The van der Waals surface area contributed by atoms with Crippen LogP contribution in [0.25, 0.3) is 0 Å². The molecular weight excluding hydrogens is 292 g/mol. The third-order valence-electron chi connectivity index (χ3n) is 3.95. The number of aromatic hydroxyl groups is 1. The van der Waals surface area contributed by atoms with Crippen molar-refractivity contribution >= 4 is 5.97 Å². The molecule has 0 radical (unpaired) electrons. The SMILES string of the molecule is Cc1ccnc(C[C@H](C)N(C)Cc2ccc(O)c(C(=O)O)c2)c1. The Bertz CT molecular complexity index is 700. The van der Waals surface area contributed by atoms with E-state index in [-0.39, 0.29) is 17.4 Å². The number of carbonyl (C=O) groups is 1. The molecule has 1 heterocycles. The summed E-state index contributed by atoms with van der Waals surface area (Å²) in [5.41, 5.74) is 3.02. The van der Waals surface area contributed by atoms with Gasteiger partial charge in [-0.3, -0.25) is 9.88 Å². The number of hydrogen-bond acceptors (Lipinski definition) is 4. The van der Waals surface area contributed by atoms with Gasteiger partial charge in [-0.1, -0.05) is 6.07 Å². The zero-order valence-electron chi connectivity index (χ0n) is 13.7. The van der Waals surface area contributed by atoms with Gasteiger partial charge in [0.1, 0.15) is 11.3 Å². The summed E-state index contributed by atoms with van der Waals surface area (Å²) >= 11 is 0. The summed E-state index contributed by atoms with van der Waals surface area (Å²) in [6.07, 6.45) is 2.64. The number of nitrogens with zero attached hydrogens (tertiary/aromatic N) is 2. The fraction of sp³-hybridized carbons (Fsp3) is 0.333. The Kier molecular flexibility index (Phi) is 5.34. The standard InChI is InChI=1S/C18H22N2O3/c1-12-6-7-19-15(8-12)9-13(2)20(3)11-14-4-5-17(21)16(10-14)18(22)23/h4-8,10,13,21H,9,11H2,1-3H3,(H,22,23)/t13-/m0/s1. The monoisotopic (exact) mass is 314 g/mol. The summed E-state index contributed by atoms with van der Waals surface area (Å²) < 4.78 is 0. The molecule has 1 atom stereocenters. The Morgan fingerprint density at radius 2 is 2.04 bits per heavy atom. The highest BCUT2D eigenvalue weighted by molar-refractivity contribution is 5.90. The van der Waals surface area contributed by atoms with Crippen LogP contribution in [0.1, 0.15) is 34.1 Å². The Morgan fingerprint density at radius 1 is 1.30 bits per heavy atom. The van der Waals surface area contributed by atoms with E-state index in [1.165, 1.54) is 17.7 Å². The lowest BCUT2D eigenvalue weighted by Gasteiger charge is -2.24. The number of carboxylic acid groups (broad SMARTS) is 1. The van der Waals surface area contributed by atoms with E-state index in [2.05, 4.69) is 22.9 Å². The maximum atomic E-state index is 11.1. The first-order chi connectivity index (χ1) is 10.9. The molecule has 1 aromatic carbocycles.